The van der Waals surface area contributed by atoms with Gasteiger partial charge in [0.1, 0.15) is 11.9 Å². The van der Waals surface area contributed by atoms with E-state index in [2.05, 4.69) is 45.2 Å². The van der Waals surface area contributed by atoms with E-state index in [9.17, 15) is 5.11 Å². The van der Waals surface area contributed by atoms with Crippen LogP contribution in [0.2, 0.25) is 0 Å². The topological polar surface area (TPSA) is 127 Å². The zero-order valence-corrected chi connectivity index (χ0v) is 18.8. The molecule has 0 aromatic carbocycles. The number of hydrogen-bond donors (Lipinski definition) is 3. The largest absolute Gasteiger partial charge is 0.459 e. The summed E-state index contributed by atoms with van der Waals surface area (Å²) in [6, 6.07) is 2.37. The number of aryl methyl sites for hydroxylation is 1. The number of imidazole rings is 1. The van der Waals surface area contributed by atoms with Crippen molar-refractivity contribution in [2.45, 2.75) is 45.6 Å². The zero-order valence-electron chi connectivity index (χ0n) is 18.8. The summed E-state index contributed by atoms with van der Waals surface area (Å²) in [6.45, 7) is 8.12. The highest BCUT2D eigenvalue weighted by atomic mass is 16.5. The third-order valence-corrected chi connectivity index (χ3v) is 5.68. The minimum atomic E-state index is -0.154. The predicted molar refractivity (Wildman–Crippen MR) is 123 cm³/mol. The zero-order chi connectivity index (χ0) is 22.5. The maximum absolute atomic E-state index is 9.30. The first-order chi connectivity index (χ1) is 15.6. The lowest BCUT2D eigenvalue weighted by Gasteiger charge is -2.29. The first-order valence-electron chi connectivity index (χ1n) is 11.3. The highest BCUT2D eigenvalue weighted by Gasteiger charge is 2.17. The molecule has 1 aliphatic rings. The molecule has 4 heterocycles. The van der Waals surface area contributed by atoms with Gasteiger partial charge in [0.2, 0.25) is 0 Å². The second kappa shape index (κ2) is 10.1. The first-order valence-corrected chi connectivity index (χ1v) is 11.3. The van der Waals surface area contributed by atoms with Crippen LogP contribution in [0.15, 0.2) is 18.5 Å². The van der Waals surface area contributed by atoms with Crippen LogP contribution in [0.1, 0.15) is 43.0 Å². The van der Waals surface area contributed by atoms with Gasteiger partial charge in [-0.3, -0.25) is 0 Å². The number of aliphatic hydroxyl groups excluding tert-OH is 1. The number of nitrogens with zero attached hydrogens (tertiary/aromatic N) is 6. The van der Waals surface area contributed by atoms with Crippen molar-refractivity contribution in [2.75, 3.05) is 43.4 Å². The summed E-state index contributed by atoms with van der Waals surface area (Å²) in [5.74, 6) is 1.31. The Hall–Kier alpha value is -2.98. The van der Waals surface area contributed by atoms with Crippen molar-refractivity contribution < 1.29 is 9.84 Å². The number of fused-ring (bicyclic) bond motifs is 1. The van der Waals surface area contributed by atoms with E-state index in [1.165, 1.54) is 0 Å². The molecule has 1 unspecified atom stereocenters. The summed E-state index contributed by atoms with van der Waals surface area (Å²) in [6.07, 6.45) is 6.42. The lowest BCUT2D eigenvalue weighted by molar-refractivity contribution is 0.133. The van der Waals surface area contributed by atoms with Crippen LogP contribution in [0.3, 0.4) is 0 Å². The Kier molecular flexibility index (Phi) is 7.01. The number of aromatic nitrogens is 5. The van der Waals surface area contributed by atoms with E-state index in [0.717, 1.165) is 61.7 Å². The molecule has 4 N–H and O–H groups in total. The van der Waals surface area contributed by atoms with E-state index < -0.39 is 0 Å². The fourth-order valence-electron chi connectivity index (χ4n) is 4.12. The summed E-state index contributed by atoms with van der Waals surface area (Å²) in [5.41, 5.74) is 9.74. The van der Waals surface area contributed by atoms with Gasteiger partial charge in [0.15, 0.2) is 11.5 Å². The van der Waals surface area contributed by atoms with E-state index in [4.69, 9.17) is 15.5 Å². The van der Waals surface area contributed by atoms with Crippen LogP contribution in [0, 0.1) is 6.92 Å². The molecule has 10 nitrogen and oxygen atoms in total. The molecule has 1 saturated heterocycles. The van der Waals surface area contributed by atoms with Crippen LogP contribution in [-0.4, -0.2) is 68.6 Å². The Morgan fingerprint density at radius 1 is 1.22 bits per heavy atom. The van der Waals surface area contributed by atoms with Gasteiger partial charge in [-0.1, -0.05) is 19.4 Å². The SMILES string of the molecule is CCCC(CCO)Oc1nc(N)c2ncc(Cc3cnc(N4CCNCC4)c(C)c3)n2n1. The molecule has 3 aromatic rings. The van der Waals surface area contributed by atoms with Crippen LogP contribution in [0.25, 0.3) is 5.65 Å². The Balaban J connectivity index is 1.56. The van der Waals surface area contributed by atoms with Gasteiger partial charge in [-0.15, -0.1) is 5.10 Å². The molecular formula is C22H32N8O2. The van der Waals surface area contributed by atoms with Crippen molar-refractivity contribution in [3.05, 3.63) is 35.3 Å². The Morgan fingerprint density at radius 2 is 2.03 bits per heavy atom. The molecule has 3 aromatic heterocycles. The quantitative estimate of drug-likeness (QED) is 0.452. The Morgan fingerprint density at radius 3 is 2.75 bits per heavy atom. The molecule has 0 radical (unpaired) electrons. The number of hydrogen-bond acceptors (Lipinski definition) is 9. The third-order valence-electron chi connectivity index (χ3n) is 5.68. The first kappa shape index (κ1) is 22.2. The minimum Gasteiger partial charge on any atom is -0.459 e. The summed E-state index contributed by atoms with van der Waals surface area (Å²) in [5, 5.41) is 17.2. The van der Waals surface area contributed by atoms with Crippen LogP contribution in [0.4, 0.5) is 11.6 Å². The molecule has 0 spiro atoms. The van der Waals surface area contributed by atoms with Crippen LogP contribution >= 0.6 is 0 Å². The number of rotatable bonds is 9. The Labute approximate surface area is 187 Å². The van der Waals surface area contributed by atoms with Crippen LogP contribution in [-0.2, 0) is 6.42 Å². The molecule has 0 aliphatic carbocycles. The van der Waals surface area contributed by atoms with Crippen molar-refractivity contribution in [3.8, 4) is 6.01 Å². The summed E-state index contributed by atoms with van der Waals surface area (Å²) in [4.78, 5) is 15.7. The molecule has 0 bridgehead atoms. The van der Waals surface area contributed by atoms with Gasteiger partial charge < -0.3 is 25.8 Å². The standard InChI is InChI=1S/C22H32N8O2/c1-3-4-18(5-10-31)32-22-27-19(23)21-26-14-17(30(21)28-22)12-16-11-15(2)20(25-13-16)29-8-6-24-7-9-29/h11,13-14,18,24,31H,3-10,12H2,1-2H3,(H2,23,27,28). The van der Waals surface area contributed by atoms with E-state index >= 15 is 0 Å². The predicted octanol–water partition coefficient (Wildman–Crippen LogP) is 1.34. The molecule has 32 heavy (non-hydrogen) atoms. The van der Waals surface area contributed by atoms with Gasteiger partial charge in [0.25, 0.3) is 0 Å². The van der Waals surface area contributed by atoms with Crippen molar-refractivity contribution in [2.24, 2.45) is 0 Å². The minimum absolute atomic E-state index is 0.0506. The van der Waals surface area contributed by atoms with Crippen LogP contribution < -0.4 is 20.7 Å². The van der Waals surface area contributed by atoms with Crippen LogP contribution in [0.5, 0.6) is 6.01 Å². The average molecular weight is 441 g/mol. The number of nitrogens with one attached hydrogen (secondary N) is 1. The Bertz CT molecular complexity index is 1040. The number of pyridine rings is 1. The molecule has 4 rings (SSSR count). The van der Waals surface area contributed by atoms with Gasteiger partial charge >= 0.3 is 6.01 Å². The molecule has 1 atom stereocenters. The third kappa shape index (κ3) is 4.91. The van der Waals surface area contributed by atoms with E-state index in [1.54, 1.807) is 10.7 Å². The van der Waals surface area contributed by atoms with E-state index in [-0.39, 0.29) is 24.5 Å². The fraction of sp³-hybridized carbons (Fsp3) is 0.545. The molecular weight excluding hydrogens is 408 g/mol. The highest BCUT2D eigenvalue weighted by Crippen LogP contribution is 2.22. The second-order valence-corrected chi connectivity index (χ2v) is 8.20. The molecule has 1 aliphatic heterocycles. The average Bonchev–Trinajstić information content (AvgIpc) is 3.18. The molecule has 0 saturated carbocycles. The number of nitrogen functional groups attached to an aromatic ring is 1. The highest BCUT2D eigenvalue weighted by molar-refractivity contribution is 5.60. The summed E-state index contributed by atoms with van der Waals surface area (Å²) < 4.78 is 7.62. The number of ether oxygens (including phenoxy) is 1. The van der Waals surface area contributed by atoms with Crippen molar-refractivity contribution >= 4 is 17.3 Å². The maximum atomic E-state index is 9.30. The monoisotopic (exact) mass is 440 g/mol. The summed E-state index contributed by atoms with van der Waals surface area (Å²) in [7, 11) is 0. The number of anilines is 2. The molecule has 172 valence electrons. The van der Waals surface area contributed by atoms with Gasteiger partial charge in [-0.2, -0.15) is 4.98 Å². The number of aliphatic hydroxyl groups is 1. The normalized spacial score (nSPS) is 15.3. The molecule has 0 amide bonds. The van der Waals surface area contributed by atoms with Gasteiger partial charge in [0, 0.05) is 51.8 Å². The van der Waals surface area contributed by atoms with Crippen molar-refractivity contribution in [1.29, 1.82) is 0 Å². The summed E-state index contributed by atoms with van der Waals surface area (Å²) >= 11 is 0. The van der Waals surface area contributed by atoms with Crippen molar-refractivity contribution in [1.82, 2.24) is 29.9 Å². The second-order valence-electron chi connectivity index (χ2n) is 8.20. The lowest BCUT2D eigenvalue weighted by atomic mass is 10.1. The van der Waals surface area contributed by atoms with Crippen molar-refractivity contribution in [3.63, 3.8) is 0 Å². The lowest BCUT2D eigenvalue weighted by Crippen LogP contribution is -2.44. The smallest absolute Gasteiger partial charge is 0.336 e. The van der Waals surface area contributed by atoms with Gasteiger partial charge in [-0.25, -0.2) is 14.5 Å². The molecule has 1 fully saturated rings. The number of nitrogens with two attached hydrogens (primary N) is 1. The fourth-order valence-corrected chi connectivity index (χ4v) is 4.12. The van der Waals surface area contributed by atoms with Gasteiger partial charge in [0.05, 0.1) is 11.9 Å². The van der Waals surface area contributed by atoms with Gasteiger partial charge in [-0.05, 0) is 24.5 Å². The van der Waals surface area contributed by atoms with E-state index in [1.807, 2.05) is 6.20 Å². The van der Waals surface area contributed by atoms with E-state index in [0.29, 0.717) is 18.5 Å². The molecule has 10 heteroatoms. The maximum Gasteiger partial charge on any atom is 0.336 e. The number of piperazine rings is 1.